The summed E-state index contributed by atoms with van der Waals surface area (Å²) < 4.78 is 13.5. The smallest absolute Gasteiger partial charge is 0.258 e. The Bertz CT molecular complexity index is 1160. The van der Waals surface area contributed by atoms with Crippen LogP contribution in [0.1, 0.15) is 12.5 Å². The lowest BCUT2D eigenvalue weighted by molar-refractivity contribution is -0.123. The molecule has 3 aromatic carbocycles. The zero-order valence-corrected chi connectivity index (χ0v) is 19.3. The van der Waals surface area contributed by atoms with Crippen molar-refractivity contribution in [2.75, 3.05) is 13.2 Å². The number of nitrogens with zero attached hydrogens (tertiary/aromatic N) is 1. The van der Waals surface area contributed by atoms with Crippen molar-refractivity contribution in [2.24, 2.45) is 0 Å². The molecule has 4 aromatic rings. The molecule has 0 aliphatic carbocycles. The summed E-state index contributed by atoms with van der Waals surface area (Å²) in [7, 11) is 0. The number of carbonyl (C=O) groups excluding carboxylic acids is 1. The maximum Gasteiger partial charge on any atom is 0.258 e. The summed E-state index contributed by atoms with van der Waals surface area (Å²) >= 11 is 5.24. The molecule has 0 bridgehead atoms. The minimum absolute atomic E-state index is 0.0974. The molecule has 0 radical (unpaired) electrons. The number of halogens is 1. The van der Waals surface area contributed by atoms with Crippen molar-refractivity contribution in [1.82, 2.24) is 10.3 Å². The number of fused-ring (bicyclic) bond motifs is 1. The van der Waals surface area contributed by atoms with Gasteiger partial charge in [-0.25, -0.2) is 4.98 Å². The molecule has 0 unspecified atom stereocenters. The first-order valence-corrected chi connectivity index (χ1v) is 11.5. The van der Waals surface area contributed by atoms with E-state index in [4.69, 9.17) is 14.5 Å². The Morgan fingerprint density at radius 3 is 2.55 bits per heavy atom. The summed E-state index contributed by atoms with van der Waals surface area (Å²) in [5, 5.41) is 3.75. The van der Waals surface area contributed by atoms with Gasteiger partial charge in [-0.15, -0.1) is 11.3 Å². The Hall–Kier alpha value is -2.90. The molecular formula is C24H21BrN2O3S. The average molecular weight is 497 g/mol. The average Bonchev–Trinajstić information content (AvgIpc) is 3.22. The van der Waals surface area contributed by atoms with E-state index >= 15 is 0 Å². The zero-order valence-electron chi connectivity index (χ0n) is 16.9. The fraction of sp³-hybridized carbons (Fsp3) is 0.167. The van der Waals surface area contributed by atoms with Crippen LogP contribution in [0.3, 0.4) is 0 Å². The van der Waals surface area contributed by atoms with Gasteiger partial charge in [-0.05, 0) is 52.7 Å². The van der Waals surface area contributed by atoms with Crippen molar-refractivity contribution in [3.05, 3.63) is 76.8 Å². The fourth-order valence-corrected chi connectivity index (χ4v) is 4.70. The standard InChI is InChI=1S/C24H21BrN2O3S/c1-2-29-20-12-17(24-27-19-10-6-7-11-22(19)31-24)18(25)13-21(20)30-15-23(28)26-14-16-8-4-3-5-9-16/h3-13H,2,14-15H2,1H3,(H,26,28). The maximum absolute atomic E-state index is 12.2. The van der Waals surface area contributed by atoms with Gasteiger partial charge in [0.25, 0.3) is 5.91 Å². The van der Waals surface area contributed by atoms with E-state index in [1.54, 1.807) is 11.3 Å². The van der Waals surface area contributed by atoms with E-state index in [1.807, 2.05) is 67.6 Å². The number of para-hydroxylation sites is 1. The number of nitrogens with one attached hydrogen (secondary N) is 1. The first kappa shape index (κ1) is 21.3. The highest BCUT2D eigenvalue weighted by Gasteiger charge is 2.16. The predicted molar refractivity (Wildman–Crippen MR) is 128 cm³/mol. The second-order valence-electron chi connectivity index (χ2n) is 6.75. The fourth-order valence-electron chi connectivity index (χ4n) is 3.06. The Morgan fingerprint density at radius 2 is 1.77 bits per heavy atom. The second-order valence-corrected chi connectivity index (χ2v) is 8.63. The van der Waals surface area contributed by atoms with Crippen LogP contribution >= 0.6 is 27.3 Å². The van der Waals surface area contributed by atoms with Crippen LogP contribution in [0.2, 0.25) is 0 Å². The molecule has 1 heterocycles. The topological polar surface area (TPSA) is 60.5 Å². The molecule has 158 valence electrons. The summed E-state index contributed by atoms with van der Waals surface area (Å²) in [6, 6.07) is 21.5. The largest absolute Gasteiger partial charge is 0.490 e. The summed E-state index contributed by atoms with van der Waals surface area (Å²) in [5.74, 6) is 0.891. The van der Waals surface area contributed by atoms with Crippen LogP contribution in [-0.2, 0) is 11.3 Å². The first-order valence-electron chi connectivity index (χ1n) is 9.89. The third-order valence-corrected chi connectivity index (χ3v) is 6.27. The minimum Gasteiger partial charge on any atom is -0.490 e. The molecule has 1 amide bonds. The normalized spacial score (nSPS) is 10.8. The Morgan fingerprint density at radius 1 is 1.03 bits per heavy atom. The van der Waals surface area contributed by atoms with E-state index in [2.05, 4.69) is 27.3 Å². The molecule has 5 nitrogen and oxygen atoms in total. The van der Waals surface area contributed by atoms with Crippen LogP contribution in [0.25, 0.3) is 20.8 Å². The highest BCUT2D eigenvalue weighted by molar-refractivity contribution is 9.10. The van der Waals surface area contributed by atoms with E-state index in [-0.39, 0.29) is 12.5 Å². The lowest BCUT2D eigenvalue weighted by Gasteiger charge is -2.14. The highest BCUT2D eigenvalue weighted by atomic mass is 79.9. The number of thiazole rings is 1. The van der Waals surface area contributed by atoms with E-state index < -0.39 is 0 Å². The zero-order chi connectivity index (χ0) is 21.6. The van der Waals surface area contributed by atoms with E-state index in [9.17, 15) is 4.79 Å². The Labute approximate surface area is 193 Å². The number of aromatic nitrogens is 1. The van der Waals surface area contributed by atoms with Crippen molar-refractivity contribution in [1.29, 1.82) is 0 Å². The van der Waals surface area contributed by atoms with E-state index in [0.29, 0.717) is 24.7 Å². The summed E-state index contributed by atoms with van der Waals surface area (Å²) in [6.45, 7) is 2.76. The van der Waals surface area contributed by atoms with Crippen LogP contribution in [0.5, 0.6) is 11.5 Å². The number of rotatable bonds is 8. The lowest BCUT2D eigenvalue weighted by atomic mass is 10.2. The van der Waals surface area contributed by atoms with Gasteiger partial charge in [0.1, 0.15) is 5.01 Å². The van der Waals surface area contributed by atoms with E-state index in [1.165, 1.54) is 0 Å². The van der Waals surface area contributed by atoms with Gasteiger partial charge in [0.2, 0.25) is 0 Å². The summed E-state index contributed by atoms with van der Waals surface area (Å²) in [6.07, 6.45) is 0. The Balaban J connectivity index is 1.49. The summed E-state index contributed by atoms with van der Waals surface area (Å²) in [5.41, 5.74) is 2.92. The third kappa shape index (κ3) is 5.24. The molecule has 4 rings (SSSR count). The van der Waals surface area contributed by atoms with Crippen LogP contribution in [-0.4, -0.2) is 24.1 Å². The van der Waals surface area contributed by atoms with Gasteiger partial charge in [0, 0.05) is 16.6 Å². The van der Waals surface area contributed by atoms with Gasteiger partial charge >= 0.3 is 0 Å². The van der Waals surface area contributed by atoms with Gasteiger partial charge in [-0.2, -0.15) is 0 Å². The van der Waals surface area contributed by atoms with Crippen molar-refractivity contribution < 1.29 is 14.3 Å². The molecule has 0 atom stereocenters. The number of hydrogen-bond donors (Lipinski definition) is 1. The minimum atomic E-state index is -0.197. The third-order valence-electron chi connectivity index (χ3n) is 4.55. The molecule has 0 aliphatic rings. The monoisotopic (exact) mass is 496 g/mol. The molecule has 1 aromatic heterocycles. The molecule has 0 fully saturated rings. The molecular weight excluding hydrogens is 476 g/mol. The van der Waals surface area contributed by atoms with Crippen LogP contribution in [0, 0.1) is 0 Å². The molecule has 0 spiro atoms. The van der Waals surface area contributed by atoms with Gasteiger partial charge in [0.05, 0.1) is 16.8 Å². The SMILES string of the molecule is CCOc1cc(-c2nc3ccccc3s2)c(Br)cc1OCC(=O)NCc1ccccc1. The number of hydrogen-bond acceptors (Lipinski definition) is 5. The molecule has 7 heteroatoms. The van der Waals surface area contributed by atoms with Crippen molar-refractivity contribution in [2.45, 2.75) is 13.5 Å². The van der Waals surface area contributed by atoms with Gasteiger partial charge < -0.3 is 14.8 Å². The number of carbonyl (C=O) groups is 1. The maximum atomic E-state index is 12.2. The number of ether oxygens (including phenoxy) is 2. The quantitative estimate of drug-likeness (QED) is 0.333. The Kier molecular flexibility index (Phi) is 6.84. The van der Waals surface area contributed by atoms with Gasteiger partial charge in [-0.3, -0.25) is 4.79 Å². The number of amides is 1. The predicted octanol–water partition coefficient (Wildman–Crippen LogP) is 5.82. The van der Waals surface area contributed by atoms with Crippen LogP contribution < -0.4 is 14.8 Å². The second kappa shape index (κ2) is 9.94. The molecule has 0 aliphatic heterocycles. The lowest BCUT2D eigenvalue weighted by Crippen LogP contribution is -2.28. The molecule has 31 heavy (non-hydrogen) atoms. The van der Waals surface area contributed by atoms with Crippen LogP contribution in [0.15, 0.2) is 71.2 Å². The highest BCUT2D eigenvalue weighted by Crippen LogP contribution is 2.41. The summed E-state index contributed by atoms with van der Waals surface area (Å²) in [4.78, 5) is 17.0. The number of benzene rings is 3. The van der Waals surface area contributed by atoms with Gasteiger partial charge in [0.15, 0.2) is 18.1 Å². The molecule has 1 N–H and O–H groups in total. The van der Waals surface area contributed by atoms with Crippen molar-refractivity contribution in [3.8, 4) is 22.1 Å². The van der Waals surface area contributed by atoms with E-state index in [0.717, 1.165) is 30.8 Å². The van der Waals surface area contributed by atoms with Crippen molar-refractivity contribution >= 4 is 43.4 Å². The van der Waals surface area contributed by atoms with Crippen LogP contribution in [0.4, 0.5) is 0 Å². The molecule has 0 saturated carbocycles. The first-order chi connectivity index (χ1) is 15.1. The van der Waals surface area contributed by atoms with Gasteiger partial charge in [-0.1, -0.05) is 42.5 Å². The van der Waals surface area contributed by atoms with Crippen molar-refractivity contribution in [3.63, 3.8) is 0 Å². The molecule has 0 saturated heterocycles.